The number of nitrogens with zero attached hydrogens (tertiary/aromatic N) is 4. The van der Waals surface area contributed by atoms with Crippen molar-refractivity contribution >= 4 is 23.4 Å². The molecule has 108 valence electrons. The lowest BCUT2D eigenvalue weighted by molar-refractivity contribution is -0.385. The lowest BCUT2D eigenvalue weighted by Crippen LogP contribution is -2.41. The fourth-order valence-corrected chi connectivity index (χ4v) is 2.35. The molecule has 1 fully saturated rings. The second kappa shape index (κ2) is 5.25. The molecule has 2 rings (SSSR count). The average molecular weight is 281 g/mol. The van der Waals surface area contributed by atoms with Crippen LogP contribution in [-0.4, -0.2) is 33.4 Å². The molecule has 1 amide bonds. The van der Waals surface area contributed by atoms with Crippen molar-refractivity contribution in [1.29, 1.82) is 0 Å². The first-order valence-electron chi connectivity index (χ1n) is 6.01. The lowest BCUT2D eigenvalue weighted by atomic mass is 10.2. The third-order valence-electron chi connectivity index (χ3n) is 3.20. The molecule has 1 aromatic heterocycles. The monoisotopic (exact) mass is 281 g/mol. The summed E-state index contributed by atoms with van der Waals surface area (Å²) in [6.07, 6.45) is 1.25. The Labute approximate surface area is 114 Å². The van der Waals surface area contributed by atoms with E-state index in [1.165, 1.54) is 11.8 Å². The number of amides is 1. The molecule has 0 radical (unpaired) electrons. The largest absolute Gasteiger partial charge is 0.368 e. The van der Waals surface area contributed by atoms with Gasteiger partial charge in [-0.05, 0) is 19.8 Å². The maximum absolute atomic E-state index is 11.4. The van der Waals surface area contributed by atoms with E-state index in [9.17, 15) is 14.9 Å². The van der Waals surface area contributed by atoms with Crippen molar-refractivity contribution in [2.24, 2.45) is 11.6 Å². The number of carbonyl (C=O) groups is 1. The van der Waals surface area contributed by atoms with E-state index in [-0.39, 0.29) is 23.1 Å². The molecule has 1 unspecified atom stereocenters. The summed E-state index contributed by atoms with van der Waals surface area (Å²) in [4.78, 5) is 31.5. The molecule has 1 atom stereocenters. The lowest BCUT2D eigenvalue weighted by Gasteiger charge is -2.23. The Kier molecular flexibility index (Phi) is 3.66. The standard InChI is InChI=1S/C10H15N7O3/c1-5-7(17(19)20)9(14-10(13-5)15-12)16-4-2-3-6(16)8(11)18/h6H,2-4,12H2,1H3,(H2,11,18)(H,13,14,15). The van der Waals surface area contributed by atoms with E-state index < -0.39 is 16.9 Å². The highest BCUT2D eigenvalue weighted by Gasteiger charge is 2.36. The third-order valence-corrected chi connectivity index (χ3v) is 3.20. The van der Waals surface area contributed by atoms with Crippen molar-refractivity contribution in [3.8, 4) is 0 Å². The van der Waals surface area contributed by atoms with E-state index in [0.717, 1.165) is 0 Å². The molecule has 0 aliphatic carbocycles. The van der Waals surface area contributed by atoms with Crippen molar-refractivity contribution < 1.29 is 9.72 Å². The molecule has 20 heavy (non-hydrogen) atoms. The smallest absolute Gasteiger partial charge is 0.332 e. The van der Waals surface area contributed by atoms with E-state index in [1.54, 1.807) is 0 Å². The second-order valence-electron chi connectivity index (χ2n) is 4.46. The van der Waals surface area contributed by atoms with Gasteiger partial charge >= 0.3 is 5.69 Å². The minimum absolute atomic E-state index is 0.0539. The Hall–Kier alpha value is -2.49. The van der Waals surface area contributed by atoms with Gasteiger partial charge in [0, 0.05) is 6.54 Å². The molecule has 2 heterocycles. The average Bonchev–Trinajstić information content (AvgIpc) is 2.86. The normalized spacial score (nSPS) is 18.1. The number of aryl methyl sites for hydroxylation is 1. The van der Waals surface area contributed by atoms with E-state index >= 15 is 0 Å². The van der Waals surface area contributed by atoms with E-state index in [2.05, 4.69) is 15.4 Å². The van der Waals surface area contributed by atoms with Crippen LogP contribution >= 0.6 is 0 Å². The van der Waals surface area contributed by atoms with Crippen molar-refractivity contribution in [2.75, 3.05) is 16.9 Å². The number of hydrogen-bond acceptors (Lipinski definition) is 8. The highest BCUT2D eigenvalue weighted by atomic mass is 16.6. The van der Waals surface area contributed by atoms with E-state index in [4.69, 9.17) is 11.6 Å². The van der Waals surface area contributed by atoms with Crippen LogP contribution in [0, 0.1) is 17.0 Å². The van der Waals surface area contributed by atoms with Crippen molar-refractivity contribution in [3.63, 3.8) is 0 Å². The van der Waals surface area contributed by atoms with Gasteiger partial charge in [0.15, 0.2) is 0 Å². The van der Waals surface area contributed by atoms with Gasteiger partial charge in [0.2, 0.25) is 17.7 Å². The molecular formula is C10H15N7O3. The van der Waals surface area contributed by atoms with Crippen LogP contribution in [0.3, 0.4) is 0 Å². The Morgan fingerprint density at radius 3 is 2.80 bits per heavy atom. The maximum atomic E-state index is 11.4. The molecule has 10 heteroatoms. The number of nitrogens with one attached hydrogen (secondary N) is 1. The molecule has 0 saturated carbocycles. The zero-order chi connectivity index (χ0) is 14.9. The summed E-state index contributed by atoms with van der Waals surface area (Å²) < 4.78 is 0. The molecule has 1 saturated heterocycles. The number of aromatic nitrogens is 2. The van der Waals surface area contributed by atoms with Crippen LogP contribution in [0.25, 0.3) is 0 Å². The quantitative estimate of drug-likeness (QED) is 0.376. The number of rotatable bonds is 4. The Bertz CT molecular complexity index is 562. The number of nitrogen functional groups attached to an aromatic ring is 1. The maximum Gasteiger partial charge on any atom is 0.332 e. The minimum atomic E-state index is -0.603. The first-order chi connectivity index (χ1) is 9.45. The Morgan fingerprint density at radius 2 is 2.25 bits per heavy atom. The van der Waals surface area contributed by atoms with Crippen LogP contribution in [0.5, 0.6) is 0 Å². The predicted molar refractivity (Wildman–Crippen MR) is 70.8 cm³/mol. The number of primary amides is 1. The molecule has 5 N–H and O–H groups in total. The van der Waals surface area contributed by atoms with Crippen molar-refractivity contribution in [3.05, 3.63) is 15.8 Å². The molecule has 10 nitrogen and oxygen atoms in total. The number of nitro groups is 1. The van der Waals surface area contributed by atoms with Gasteiger partial charge in [-0.25, -0.2) is 10.8 Å². The summed E-state index contributed by atoms with van der Waals surface area (Å²) in [6, 6.07) is -0.603. The highest BCUT2D eigenvalue weighted by molar-refractivity contribution is 5.85. The zero-order valence-corrected chi connectivity index (χ0v) is 10.9. The molecule has 1 aromatic rings. The van der Waals surface area contributed by atoms with E-state index in [0.29, 0.717) is 19.4 Å². The Balaban J connectivity index is 2.56. The van der Waals surface area contributed by atoms with Crippen LogP contribution in [0.2, 0.25) is 0 Å². The second-order valence-corrected chi connectivity index (χ2v) is 4.46. The molecule has 1 aliphatic rings. The van der Waals surface area contributed by atoms with Gasteiger partial charge in [-0.1, -0.05) is 0 Å². The van der Waals surface area contributed by atoms with Crippen LogP contribution < -0.4 is 21.9 Å². The van der Waals surface area contributed by atoms with Gasteiger partial charge in [0.05, 0.1) is 4.92 Å². The summed E-state index contributed by atoms with van der Waals surface area (Å²) in [5.74, 6) is 4.84. The van der Waals surface area contributed by atoms with Crippen LogP contribution in [0.15, 0.2) is 0 Å². The number of anilines is 2. The number of hydrazine groups is 1. The van der Waals surface area contributed by atoms with E-state index in [1.807, 2.05) is 0 Å². The first-order valence-corrected chi connectivity index (χ1v) is 6.01. The SMILES string of the molecule is Cc1nc(NN)nc(N2CCCC2C(N)=O)c1[N+](=O)[O-]. The predicted octanol–water partition coefficient (Wildman–Crippen LogP) is -0.567. The van der Waals surface area contributed by atoms with Gasteiger partial charge in [0.25, 0.3) is 0 Å². The Morgan fingerprint density at radius 1 is 1.55 bits per heavy atom. The fraction of sp³-hybridized carbons (Fsp3) is 0.500. The summed E-state index contributed by atoms with van der Waals surface area (Å²) in [5, 5.41) is 11.2. The molecule has 1 aliphatic heterocycles. The summed E-state index contributed by atoms with van der Waals surface area (Å²) in [5.41, 5.74) is 7.51. The number of nitrogens with two attached hydrogens (primary N) is 2. The molecule has 0 bridgehead atoms. The molecule has 0 aromatic carbocycles. The van der Waals surface area contributed by atoms with Crippen LogP contribution in [-0.2, 0) is 4.79 Å². The van der Waals surface area contributed by atoms with Gasteiger partial charge in [0.1, 0.15) is 11.7 Å². The molecule has 0 spiro atoms. The van der Waals surface area contributed by atoms with Crippen LogP contribution in [0.1, 0.15) is 18.5 Å². The summed E-state index contributed by atoms with van der Waals surface area (Å²) in [7, 11) is 0. The van der Waals surface area contributed by atoms with Crippen molar-refractivity contribution in [1.82, 2.24) is 9.97 Å². The fourth-order valence-electron chi connectivity index (χ4n) is 2.35. The number of carbonyl (C=O) groups excluding carboxylic acids is 1. The first kappa shape index (κ1) is 13.9. The zero-order valence-electron chi connectivity index (χ0n) is 10.9. The van der Waals surface area contributed by atoms with Gasteiger partial charge in [-0.15, -0.1) is 0 Å². The third kappa shape index (κ3) is 2.32. The van der Waals surface area contributed by atoms with Gasteiger partial charge in [-0.3, -0.25) is 20.3 Å². The minimum Gasteiger partial charge on any atom is -0.368 e. The summed E-state index contributed by atoms with van der Waals surface area (Å²) in [6.45, 7) is 1.95. The van der Waals surface area contributed by atoms with Crippen molar-refractivity contribution in [2.45, 2.75) is 25.8 Å². The topological polar surface area (TPSA) is 153 Å². The van der Waals surface area contributed by atoms with Gasteiger partial charge in [-0.2, -0.15) is 4.98 Å². The number of hydrogen-bond donors (Lipinski definition) is 3. The van der Waals surface area contributed by atoms with Gasteiger partial charge < -0.3 is 10.6 Å². The highest BCUT2D eigenvalue weighted by Crippen LogP contribution is 2.34. The van der Waals surface area contributed by atoms with Crippen LogP contribution in [0.4, 0.5) is 17.5 Å². The molecular weight excluding hydrogens is 266 g/mol. The summed E-state index contributed by atoms with van der Waals surface area (Å²) >= 11 is 0.